The van der Waals surface area contributed by atoms with Crippen LogP contribution in [0, 0.1) is 0 Å². The first-order valence-electron chi connectivity index (χ1n) is 11.5. The lowest BCUT2D eigenvalue weighted by atomic mass is 9.91. The number of ether oxygens (including phenoxy) is 2. The molecule has 1 saturated heterocycles. The summed E-state index contributed by atoms with van der Waals surface area (Å²) in [5, 5.41) is 4.69. The Balaban J connectivity index is 1.55. The Morgan fingerprint density at radius 3 is 2.71 bits per heavy atom. The third kappa shape index (κ3) is 3.69. The Labute approximate surface area is 183 Å². The molecule has 0 spiro atoms. The minimum Gasteiger partial charge on any atom is -0.489 e. The first kappa shape index (κ1) is 20.4. The van der Waals surface area contributed by atoms with Crippen LogP contribution in [0.25, 0.3) is 11.1 Å². The Morgan fingerprint density at radius 1 is 1.19 bits per heavy atom. The average Bonchev–Trinajstić information content (AvgIpc) is 3.39. The van der Waals surface area contributed by atoms with Crippen LogP contribution in [0.5, 0.6) is 5.75 Å². The van der Waals surface area contributed by atoms with Crippen molar-refractivity contribution in [3.63, 3.8) is 0 Å². The van der Waals surface area contributed by atoms with Gasteiger partial charge in [0.15, 0.2) is 0 Å². The smallest absolute Gasteiger partial charge is 0.414 e. The molecule has 2 atom stereocenters. The molecule has 166 valence electrons. The van der Waals surface area contributed by atoms with Crippen LogP contribution < -0.4 is 9.64 Å². The molecule has 1 saturated carbocycles. The van der Waals surface area contributed by atoms with E-state index in [-0.39, 0.29) is 18.2 Å². The molecule has 0 bridgehead atoms. The minimum absolute atomic E-state index is 0.101. The van der Waals surface area contributed by atoms with Crippen molar-refractivity contribution in [1.29, 1.82) is 0 Å². The minimum atomic E-state index is -0.311. The number of carbonyl (C=O) groups excluding carboxylic acids is 1. The number of likely N-dealkylation sites (tertiary alicyclic amines) is 1. The molecule has 7 heteroatoms. The third-order valence-corrected chi connectivity index (χ3v) is 7.11. The van der Waals surface area contributed by atoms with Crippen molar-refractivity contribution in [2.45, 2.75) is 63.6 Å². The molecule has 31 heavy (non-hydrogen) atoms. The zero-order valence-corrected chi connectivity index (χ0v) is 18.7. The van der Waals surface area contributed by atoms with Gasteiger partial charge in [0.25, 0.3) is 0 Å². The maximum atomic E-state index is 12.5. The van der Waals surface area contributed by atoms with Gasteiger partial charge in [-0.25, -0.2) is 4.79 Å². The standard InChI is InChI=1S/C24H32N4O3/c1-16-7-8-21-22(28(16)24(29)30-3)10-9-20(23(21)31-19-5-4-6-19)17-13-25-27(14-17)18-11-12-26(2)15-18/h9-10,13-14,16,18-19H,4-8,11-12,15H2,1-3H3/t16-,18-/m0/s1. The van der Waals surface area contributed by atoms with E-state index in [9.17, 15) is 4.79 Å². The summed E-state index contributed by atoms with van der Waals surface area (Å²) in [6, 6.07) is 4.65. The van der Waals surface area contributed by atoms with Gasteiger partial charge in [-0.2, -0.15) is 5.10 Å². The van der Waals surface area contributed by atoms with Gasteiger partial charge in [0.2, 0.25) is 0 Å². The van der Waals surface area contributed by atoms with Crippen molar-refractivity contribution in [3.8, 4) is 16.9 Å². The van der Waals surface area contributed by atoms with Gasteiger partial charge in [0.05, 0.1) is 31.1 Å². The summed E-state index contributed by atoms with van der Waals surface area (Å²) in [7, 11) is 3.60. The van der Waals surface area contributed by atoms with Crippen molar-refractivity contribution in [1.82, 2.24) is 14.7 Å². The number of methoxy groups -OCH3 is 1. The highest BCUT2D eigenvalue weighted by Crippen LogP contribution is 2.44. The van der Waals surface area contributed by atoms with Gasteiger partial charge >= 0.3 is 6.09 Å². The van der Waals surface area contributed by atoms with Gasteiger partial charge < -0.3 is 14.4 Å². The van der Waals surface area contributed by atoms with E-state index in [1.807, 2.05) is 12.3 Å². The number of hydrogen-bond acceptors (Lipinski definition) is 5. The Bertz CT molecular complexity index is 968. The number of likely N-dealkylation sites (N-methyl/N-ethyl adjacent to an activating group) is 1. The second kappa shape index (κ2) is 8.19. The number of benzene rings is 1. The maximum absolute atomic E-state index is 12.5. The van der Waals surface area contributed by atoms with Crippen molar-refractivity contribution < 1.29 is 14.3 Å². The van der Waals surface area contributed by atoms with E-state index >= 15 is 0 Å². The lowest BCUT2D eigenvalue weighted by molar-refractivity contribution is 0.119. The van der Waals surface area contributed by atoms with E-state index in [1.54, 1.807) is 4.90 Å². The zero-order valence-electron chi connectivity index (χ0n) is 18.7. The number of fused-ring (bicyclic) bond motifs is 1. The Morgan fingerprint density at radius 2 is 2.03 bits per heavy atom. The molecule has 0 radical (unpaired) electrons. The molecule has 5 rings (SSSR count). The van der Waals surface area contributed by atoms with Crippen LogP contribution >= 0.6 is 0 Å². The first-order valence-corrected chi connectivity index (χ1v) is 11.5. The van der Waals surface area contributed by atoms with Crippen LogP contribution in [0.1, 0.15) is 50.6 Å². The maximum Gasteiger partial charge on any atom is 0.414 e. The van der Waals surface area contributed by atoms with Crippen LogP contribution in [-0.2, 0) is 11.2 Å². The van der Waals surface area contributed by atoms with Crippen LogP contribution in [0.4, 0.5) is 10.5 Å². The molecule has 2 aliphatic heterocycles. The van der Waals surface area contributed by atoms with E-state index in [0.717, 1.165) is 73.3 Å². The molecule has 1 aromatic heterocycles. The fourth-order valence-corrected chi connectivity index (χ4v) is 5.00. The van der Waals surface area contributed by atoms with Crippen LogP contribution in [0.3, 0.4) is 0 Å². The summed E-state index contributed by atoms with van der Waals surface area (Å²) in [6.07, 6.45) is 10.4. The van der Waals surface area contributed by atoms with E-state index in [0.29, 0.717) is 6.04 Å². The van der Waals surface area contributed by atoms with E-state index in [4.69, 9.17) is 14.6 Å². The molecule has 0 N–H and O–H groups in total. The SMILES string of the molecule is COC(=O)N1c2ccc(-c3cnn([C@H]4CCN(C)C4)c3)c(OC3CCC3)c2CC[C@@H]1C. The molecule has 0 unspecified atom stereocenters. The number of nitrogens with zero attached hydrogens (tertiary/aromatic N) is 4. The van der Waals surface area contributed by atoms with Gasteiger partial charge in [-0.3, -0.25) is 9.58 Å². The summed E-state index contributed by atoms with van der Waals surface area (Å²) in [5.74, 6) is 0.922. The monoisotopic (exact) mass is 424 g/mol. The highest BCUT2D eigenvalue weighted by molar-refractivity contribution is 5.92. The molecule has 2 aromatic rings. The fourth-order valence-electron chi connectivity index (χ4n) is 5.00. The van der Waals surface area contributed by atoms with Crippen molar-refractivity contribution >= 4 is 11.8 Å². The second-order valence-corrected chi connectivity index (χ2v) is 9.25. The number of carbonyl (C=O) groups is 1. The lowest BCUT2D eigenvalue weighted by Gasteiger charge is -2.37. The van der Waals surface area contributed by atoms with Gasteiger partial charge in [-0.1, -0.05) is 0 Å². The second-order valence-electron chi connectivity index (χ2n) is 9.25. The Kier molecular flexibility index (Phi) is 5.38. The van der Waals surface area contributed by atoms with E-state index in [1.165, 1.54) is 13.5 Å². The average molecular weight is 425 g/mol. The number of hydrogen-bond donors (Lipinski definition) is 0. The zero-order chi connectivity index (χ0) is 21.5. The summed E-state index contributed by atoms with van der Waals surface area (Å²) in [4.78, 5) is 16.6. The van der Waals surface area contributed by atoms with Gasteiger partial charge in [0.1, 0.15) is 5.75 Å². The number of rotatable bonds is 4. The van der Waals surface area contributed by atoms with E-state index in [2.05, 4.69) is 35.8 Å². The van der Waals surface area contributed by atoms with Gasteiger partial charge in [-0.15, -0.1) is 0 Å². The molecule has 2 fully saturated rings. The number of amides is 1. The van der Waals surface area contributed by atoms with E-state index < -0.39 is 0 Å². The molecule has 1 amide bonds. The van der Waals surface area contributed by atoms with Crippen molar-refractivity contribution in [2.24, 2.45) is 0 Å². The van der Waals surface area contributed by atoms with Crippen LogP contribution in [0.2, 0.25) is 0 Å². The summed E-state index contributed by atoms with van der Waals surface area (Å²) >= 11 is 0. The highest BCUT2D eigenvalue weighted by Gasteiger charge is 2.33. The molecular weight excluding hydrogens is 392 g/mol. The summed E-state index contributed by atoms with van der Waals surface area (Å²) in [6.45, 7) is 4.21. The first-order chi connectivity index (χ1) is 15.0. The highest BCUT2D eigenvalue weighted by atomic mass is 16.5. The molecular formula is C24H32N4O3. The molecule has 3 heterocycles. The largest absolute Gasteiger partial charge is 0.489 e. The summed E-state index contributed by atoms with van der Waals surface area (Å²) < 4.78 is 13.7. The number of aromatic nitrogens is 2. The van der Waals surface area contributed by atoms with Crippen molar-refractivity contribution in [2.75, 3.05) is 32.1 Å². The topological polar surface area (TPSA) is 59.8 Å². The predicted octanol–water partition coefficient (Wildman–Crippen LogP) is 4.27. The van der Waals surface area contributed by atoms with Gasteiger partial charge in [-0.05, 0) is 71.2 Å². The Hall–Kier alpha value is -2.54. The molecule has 1 aromatic carbocycles. The van der Waals surface area contributed by atoms with Crippen LogP contribution in [-0.4, -0.2) is 60.2 Å². The third-order valence-electron chi connectivity index (χ3n) is 7.11. The van der Waals surface area contributed by atoms with Crippen molar-refractivity contribution in [3.05, 3.63) is 30.1 Å². The fraction of sp³-hybridized carbons (Fsp3) is 0.583. The number of anilines is 1. The molecule has 7 nitrogen and oxygen atoms in total. The molecule has 1 aliphatic carbocycles. The predicted molar refractivity (Wildman–Crippen MR) is 120 cm³/mol. The van der Waals surface area contributed by atoms with Crippen LogP contribution in [0.15, 0.2) is 24.5 Å². The molecule has 3 aliphatic rings. The quantitative estimate of drug-likeness (QED) is 0.734. The lowest BCUT2D eigenvalue weighted by Crippen LogP contribution is -2.42. The normalized spacial score (nSPS) is 24.0. The summed E-state index contributed by atoms with van der Waals surface area (Å²) in [5.41, 5.74) is 4.17. The van der Waals surface area contributed by atoms with Gasteiger partial charge in [0, 0.05) is 35.5 Å².